The van der Waals surface area contributed by atoms with Gasteiger partial charge in [-0.2, -0.15) is 5.06 Å². The van der Waals surface area contributed by atoms with Crippen LogP contribution in [0.1, 0.15) is 18.0 Å². The van der Waals surface area contributed by atoms with E-state index in [0.29, 0.717) is 0 Å². The van der Waals surface area contributed by atoms with Crippen LogP contribution in [0.4, 0.5) is 0 Å². The average molecular weight is 355 g/mol. The van der Waals surface area contributed by atoms with Crippen LogP contribution in [0.25, 0.3) is 11.1 Å². The van der Waals surface area contributed by atoms with Gasteiger partial charge in [0.2, 0.25) is 0 Å². The molecule has 0 spiro atoms. The predicted octanol–water partition coefficient (Wildman–Crippen LogP) is 2.82. The number of benzene rings is 2. The van der Waals surface area contributed by atoms with Crippen molar-refractivity contribution in [3.05, 3.63) is 60.2 Å². The number of hydrogen-bond donors (Lipinski definition) is 1. The average Bonchev–Trinajstić information content (AvgIpc) is 3.04. The number of carbonyl (C=O) groups is 2. The van der Waals surface area contributed by atoms with Gasteiger partial charge in [-0.25, -0.2) is 0 Å². The molecule has 2 aromatic carbocycles. The highest BCUT2D eigenvalue weighted by atomic mass is 16.5. The van der Waals surface area contributed by atoms with Crippen LogP contribution in [-0.4, -0.2) is 42.5 Å². The summed E-state index contributed by atoms with van der Waals surface area (Å²) in [6.07, 6.45) is 0.140. The molecule has 0 saturated carbocycles. The van der Waals surface area contributed by atoms with Gasteiger partial charge in [0, 0.05) is 0 Å². The van der Waals surface area contributed by atoms with Crippen LogP contribution in [-0.2, 0) is 19.1 Å². The van der Waals surface area contributed by atoms with E-state index in [4.69, 9.17) is 9.47 Å². The van der Waals surface area contributed by atoms with E-state index in [-0.39, 0.29) is 6.42 Å². The predicted molar refractivity (Wildman–Crippen MR) is 94.2 cm³/mol. The van der Waals surface area contributed by atoms with Crippen LogP contribution in [0.3, 0.4) is 0 Å². The highest BCUT2D eigenvalue weighted by molar-refractivity contribution is 5.80. The van der Waals surface area contributed by atoms with Gasteiger partial charge >= 0.3 is 11.9 Å². The Hall–Kier alpha value is -2.70. The molecule has 2 aromatic rings. The van der Waals surface area contributed by atoms with Gasteiger partial charge in [-0.05, 0) is 23.1 Å². The zero-order chi connectivity index (χ0) is 18.7. The van der Waals surface area contributed by atoms with Crippen molar-refractivity contribution in [2.45, 2.75) is 18.5 Å². The molecule has 0 unspecified atom stereocenters. The molecule has 1 aliphatic rings. The van der Waals surface area contributed by atoms with Gasteiger partial charge in [0.25, 0.3) is 0 Å². The molecular formula is C20H21NO5. The summed E-state index contributed by atoms with van der Waals surface area (Å²) in [4.78, 5) is 24.1. The number of rotatable bonds is 4. The van der Waals surface area contributed by atoms with Crippen LogP contribution in [0.15, 0.2) is 54.6 Å². The van der Waals surface area contributed by atoms with Gasteiger partial charge in [0.1, 0.15) is 6.04 Å². The number of nitrogens with zero attached hydrogens (tertiary/aromatic N) is 1. The van der Waals surface area contributed by atoms with Crippen molar-refractivity contribution in [2.24, 2.45) is 5.92 Å². The summed E-state index contributed by atoms with van der Waals surface area (Å²) >= 11 is 0. The van der Waals surface area contributed by atoms with E-state index >= 15 is 0 Å². The zero-order valence-corrected chi connectivity index (χ0v) is 14.7. The van der Waals surface area contributed by atoms with Gasteiger partial charge in [-0.3, -0.25) is 9.59 Å². The number of methoxy groups -OCH3 is 2. The molecule has 3 atom stereocenters. The van der Waals surface area contributed by atoms with E-state index in [0.717, 1.165) is 21.8 Å². The summed E-state index contributed by atoms with van der Waals surface area (Å²) in [5, 5.41) is 11.4. The number of esters is 2. The topological polar surface area (TPSA) is 76.1 Å². The summed E-state index contributed by atoms with van der Waals surface area (Å²) < 4.78 is 9.59. The lowest BCUT2D eigenvalue weighted by Crippen LogP contribution is -2.36. The normalized spacial score (nSPS) is 22.8. The SMILES string of the molecule is COC(=O)[C@@H]1C[C@@H](C(=O)OC)N(O)[C@@H]1c1ccc(-c2ccccc2)cc1. The summed E-state index contributed by atoms with van der Waals surface area (Å²) in [6, 6.07) is 15.9. The van der Waals surface area contributed by atoms with Gasteiger partial charge < -0.3 is 14.7 Å². The van der Waals surface area contributed by atoms with E-state index in [1.807, 2.05) is 54.6 Å². The van der Waals surface area contributed by atoms with Crippen LogP contribution >= 0.6 is 0 Å². The molecule has 6 heteroatoms. The fraction of sp³-hybridized carbons (Fsp3) is 0.300. The largest absolute Gasteiger partial charge is 0.469 e. The first-order chi connectivity index (χ1) is 12.6. The first kappa shape index (κ1) is 18.1. The number of carbonyl (C=O) groups excluding carboxylic acids is 2. The number of ether oxygens (including phenoxy) is 2. The van der Waals surface area contributed by atoms with Gasteiger partial charge in [0.05, 0.1) is 26.2 Å². The van der Waals surface area contributed by atoms with Crippen molar-refractivity contribution in [3.63, 3.8) is 0 Å². The molecule has 1 aliphatic heterocycles. The van der Waals surface area contributed by atoms with Crippen LogP contribution in [0.5, 0.6) is 0 Å². The lowest BCUT2D eigenvalue weighted by molar-refractivity contribution is -0.177. The second-order valence-corrected chi connectivity index (χ2v) is 6.22. The van der Waals surface area contributed by atoms with Crippen molar-refractivity contribution in [1.29, 1.82) is 0 Å². The Morgan fingerprint density at radius 3 is 2.08 bits per heavy atom. The summed E-state index contributed by atoms with van der Waals surface area (Å²) in [5.41, 5.74) is 2.83. The number of hydroxylamine groups is 2. The molecule has 0 amide bonds. The highest BCUT2D eigenvalue weighted by Crippen LogP contribution is 2.41. The van der Waals surface area contributed by atoms with E-state index < -0.39 is 29.9 Å². The van der Waals surface area contributed by atoms with Gasteiger partial charge in [0.15, 0.2) is 0 Å². The molecule has 26 heavy (non-hydrogen) atoms. The maximum Gasteiger partial charge on any atom is 0.325 e. The Morgan fingerprint density at radius 2 is 1.50 bits per heavy atom. The fourth-order valence-corrected chi connectivity index (χ4v) is 3.46. The van der Waals surface area contributed by atoms with Crippen molar-refractivity contribution in [1.82, 2.24) is 5.06 Å². The van der Waals surface area contributed by atoms with E-state index in [1.54, 1.807) is 0 Å². The molecule has 136 valence electrons. The molecule has 1 fully saturated rings. The third kappa shape index (κ3) is 3.34. The summed E-state index contributed by atoms with van der Waals surface area (Å²) in [7, 11) is 2.55. The molecule has 1 heterocycles. The Bertz CT molecular complexity index is 775. The summed E-state index contributed by atoms with van der Waals surface area (Å²) in [5.74, 6) is -1.70. The molecule has 0 aromatic heterocycles. The van der Waals surface area contributed by atoms with E-state index in [1.165, 1.54) is 14.2 Å². The number of hydrogen-bond acceptors (Lipinski definition) is 6. The third-order valence-electron chi connectivity index (χ3n) is 4.80. The molecule has 0 bridgehead atoms. The lowest BCUT2D eigenvalue weighted by Gasteiger charge is -2.24. The minimum atomic E-state index is -0.900. The minimum Gasteiger partial charge on any atom is -0.469 e. The molecular weight excluding hydrogens is 334 g/mol. The van der Waals surface area contributed by atoms with Crippen LogP contribution in [0.2, 0.25) is 0 Å². The second-order valence-electron chi connectivity index (χ2n) is 6.22. The first-order valence-corrected chi connectivity index (χ1v) is 8.35. The van der Waals surface area contributed by atoms with Crippen molar-refractivity contribution in [3.8, 4) is 11.1 Å². The highest BCUT2D eigenvalue weighted by Gasteiger charge is 2.49. The van der Waals surface area contributed by atoms with Gasteiger partial charge in [-0.1, -0.05) is 54.6 Å². The summed E-state index contributed by atoms with van der Waals surface area (Å²) in [6.45, 7) is 0. The molecule has 1 saturated heterocycles. The third-order valence-corrected chi connectivity index (χ3v) is 4.80. The fourth-order valence-electron chi connectivity index (χ4n) is 3.46. The van der Waals surface area contributed by atoms with E-state index in [2.05, 4.69) is 0 Å². The van der Waals surface area contributed by atoms with Gasteiger partial charge in [-0.15, -0.1) is 0 Å². The van der Waals surface area contributed by atoms with Crippen molar-refractivity contribution >= 4 is 11.9 Å². The Kier molecular flexibility index (Phi) is 5.35. The Balaban J connectivity index is 1.91. The lowest BCUT2D eigenvalue weighted by atomic mass is 9.92. The monoisotopic (exact) mass is 355 g/mol. The maximum absolute atomic E-state index is 12.2. The van der Waals surface area contributed by atoms with Crippen LogP contribution < -0.4 is 0 Å². The zero-order valence-electron chi connectivity index (χ0n) is 14.7. The second kappa shape index (κ2) is 7.68. The van der Waals surface area contributed by atoms with Crippen molar-refractivity contribution in [2.75, 3.05) is 14.2 Å². The van der Waals surface area contributed by atoms with Crippen LogP contribution in [0, 0.1) is 5.92 Å². The van der Waals surface area contributed by atoms with E-state index in [9.17, 15) is 14.8 Å². The quantitative estimate of drug-likeness (QED) is 0.850. The molecule has 0 radical (unpaired) electrons. The first-order valence-electron chi connectivity index (χ1n) is 8.35. The Morgan fingerprint density at radius 1 is 0.923 bits per heavy atom. The molecule has 0 aliphatic carbocycles. The minimum absolute atomic E-state index is 0.140. The molecule has 3 rings (SSSR count). The standard InChI is InChI=1S/C20H21NO5/c1-25-19(22)16-12-17(20(23)26-2)21(24)18(16)15-10-8-14(9-11-15)13-6-4-3-5-7-13/h3-11,16-18,24H,12H2,1-2H3/t16-,17+,18-/m1/s1. The Labute approximate surface area is 151 Å². The smallest absolute Gasteiger partial charge is 0.325 e. The maximum atomic E-state index is 12.2. The molecule has 1 N–H and O–H groups in total. The van der Waals surface area contributed by atoms with Crippen molar-refractivity contribution < 1.29 is 24.3 Å². The molecule has 6 nitrogen and oxygen atoms in total.